The molecule has 0 amide bonds. The van der Waals surface area contributed by atoms with Crippen molar-refractivity contribution in [2.24, 2.45) is 5.92 Å². The van der Waals surface area contributed by atoms with E-state index in [1.165, 1.54) is 43.7 Å². The van der Waals surface area contributed by atoms with Crippen molar-refractivity contribution >= 4 is 70.5 Å². The van der Waals surface area contributed by atoms with E-state index in [0.29, 0.717) is 5.92 Å². The Bertz CT molecular complexity index is 1770. The molecule has 0 fully saturated rings. The summed E-state index contributed by atoms with van der Waals surface area (Å²) in [4.78, 5) is 31.7. The molecule has 0 saturated heterocycles. The minimum Gasteiger partial charge on any atom is -0.479 e. The number of aryl methyl sites for hydroxylation is 2. The minimum absolute atomic E-state index is 0. The Balaban J connectivity index is 0.000000231. The number of aliphatic carboxylic acids is 2. The molecular weight excluding hydrogens is 747 g/mol. The molecule has 13 heteroatoms. The summed E-state index contributed by atoms with van der Waals surface area (Å²) in [6, 6.07) is 32.5. The number of hydrogen-bond acceptors (Lipinski definition) is 9. The maximum atomic E-state index is 9.77. The summed E-state index contributed by atoms with van der Waals surface area (Å²) in [5.41, 5.74) is 8.11. The highest BCUT2D eigenvalue weighted by molar-refractivity contribution is 7.99. The zero-order valence-electron chi connectivity index (χ0n) is 31.4. The number of carbonyl (C=O) groups is 2. The Labute approximate surface area is 334 Å². The molecule has 4 aromatic carbocycles. The topological polar surface area (TPSA) is 128 Å². The molecule has 0 aliphatic carbocycles. The Hall–Kier alpha value is -3.81. The molecule has 0 saturated carbocycles. The molecular formula is C41H52Cl2N4O6S. The van der Waals surface area contributed by atoms with Crippen LogP contribution in [-0.2, 0) is 22.4 Å². The van der Waals surface area contributed by atoms with Gasteiger partial charge in [0, 0.05) is 45.8 Å². The molecule has 2 aliphatic heterocycles. The van der Waals surface area contributed by atoms with Crippen molar-refractivity contribution in [1.29, 1.82) is 0 Å². The third kappa shape index (κ3) is 12.4. The van der Waals surface area contributed by atoms with Gasteiger partial charge in [0.2, 0.25) is 0 Å². The van der Waals surface area contributed by atoms with E-state index in [2.05, 4.69) is 140 Å². The first-order chi connectivity index (χ1) is 25.3. The van der Waals surface area contributed by atoms with Crippen LogP contribution in [-0.4, -0.2) is 109 Å². The monoisotopic (exact) mass is 798 g/mol. The van der Waals surface area contributed by atoms with Crippen molar-refractivity contribution in [1.82, 2.24) is 9.80 Å². The molecule has 2 aliphatic rings. The van der Waals surface area contributed by atoms with Gasteiger partial charge in [0.05, 0.1) is 11.4 Å². The highest BCUT2D eigenvalue weighted by Crippen LogP contribution is 2.48. The predicted octanol–water partition coefficient (Wildman–Crippen LogP) is 7.31. The number of nitrogens with zero attached hydrogens (tertiary/aromatic N) is 4. The van der Waals surface area contributed by atoms with Crippen molar-refractivity contribution in [2.45, 2.75) is 48.2 Å². The van der Waals surface area contributed by atoms with E-state index >= 15 is 0 Å². The summed E-state index contributed by atoms with van der Waals surface area (Å²) in [6.45, 7) is 6.59. The predicted molar refractivity (Wildman–Crippen MR) is 222 cm³/mol. The van der Waals surface area contributed by atoms with E-state index in [1.54, 1.807) is 0 Å². The van der Waals surface area contributed by atoms with E-state index in [0.717, 1.165) is 50.5 Å². The average molecular weight is 800 g/mol. The molecule has 292 valence electrons. The second kappa shape index (κ2) is 21.3. The van der Waals surface area contributed by atoms with Crippen LogP contribution < -0.4 is 9.80 Å². The van der Waals surface area contributed by atoms with Gasteiger partial charge in [-0.2, -0.15) is 0 Å². The highest BCUT2D eigenvalue weighted by Gasteiger charge is 2.29. The minimum atomic E-state index is -2.27. The van der Waals surface area contributed by atoms with Gasteiger partial charge in [-0.25, -0.2) is 9.59 Å². The normalized spacial score (nSPS) is 14.3. The van der Waals surface area contributed by atoms with Crippen LogP contribution in [0.3, 0.4) is 0 Å². The van der Waals surface area contributed by atoms with E-state index in [1.807, 2.05) is 17.8 Å². The summed E-state index contributed by atoms with van der Waals surface area (Å²) < 4.78 is 0. The van der Waals surface area contributed by atoms with Gasteiger partial charge in [-0.3, -0.25) is 0 Å². The van der Waals surface area contributed by atoms with Crippen LogP contribution >= 0.6 is 35.8 Å². The van der Waals surface area contributed by atoms with Crippen LogP contribution in [0.5, 0.6) is 0 Å². The van der Waals surface area contributed by atoms with Gasteiger partial charge in [0.25, 0.3) is 0 Å². The Kier molecular flexibility index (Phi) is 17.6. The van der Waals surface area contributed by atoms with E-state index in [-0.39, 0.29) is 12.4 Å². The molecule has 0 spiro atoms. The summed E-state index contributed by atoms with van der Waals surface area (Å²) >= 11 is 8.15. The van der Waals surface area contributed by atoms with Gasteiger partial charge in [0.1, 0.15) is 0 Å². The molecule has 3 atom stereocenters. The standard InChI is InChI=1S/C19H23ClN2.C18H22N2S.C4H6O6.ClH/c1-21(2)12-5-13-22-18-7-4-3-6-15(18)8-9-16-10-11-17(20)14-19(16)22;1-14(12-19(2)3)13-20-15-8-4-6-10-17(15)21-18-11-7-5-9-16(18)20;5-1(3(7)8)2(6)4(9)10;/h3-4,6-7,10-11,14H,5,8-9,12-13H2,1-2H3;4-11,14H,12-13H2,1-3H3;1-2,5-6H,(H,7,8)(H,9,10);1H. The first-order valence-electron chi connectivity index (χ1n) is 17.6. The Morgan fingerprint density at radius 2 is 1.22 bits per heavy atom. The summed E-state index contributed by atoms with van der Waals surface area (Å²) in [7, 11) is 8.54. The van der Waals surface area contributed by atoms with Gasteiger partial charge in [-0.05, 0) is 114 Å². The fourth-order valence-corrected chi connectivity index (χ4v) is 7.67. The number of para-hydroxylation sites is 3. The number of carboxylic acid groups (broad SMARTS) is 2. The molecule has 3 unspecified atom stereocenters. The van der Waals surface area contributed by atoms with Crippen molar-refractivity contribution in [3.05, 3.63) is 107 Å². The van der Waals surface area contributed by atoms with Crippen LogP contribution in [0.2, 0.25) is 5.02 Å². The lowest BCUT2D eigenvalue weighted by molar-refractivity contribution is -0.165. The molecule has 0 radical (unpaired) electrons. The first-order valence-corrected chi connectivity index (χ1v) is 18.8. The molecule has 6 rings (SSSR count). The van der Waals surface area contributed by atoms with Crippen LogP contribution in [0, 0.1) is 5.92 Å². The fraction of sp³-hybridized carbons (Fsp3) is 0.366. The van der Waals surface area contributed by atoms with Gasteiger partial charge in [-0.1, -0.05) is 78.8 Å². The maximum Gasteiger partial charge on any atom is 0.335 e. The zero-order chi connectivity index (χ0) is 38.7. The largest absolute Gasteiger partial charge is 0.479 e. The van der Waals surface area contributed by atoms with Crippen LogP contribution in [0.1, 0.15) is 24.5 Å². The molecule has 2 heterocycles. The zero-order valence-corrected chi connectivity index (χ0v) is 33.8. The molecule has 0 bridgehead atoms. The number of aliphatic hydroxyl groups excluding tert-OH is 2. The van der Waals surface area contributed by atoms with E-state index in [4.69, 9.17) is 32.0 Å². The lowest BCUT2D eigenvalue weighted by Crippen LogP contribution is -2.39. The van der Waals surface area contributed by atoms with Gasteiger partial charge in [-0.15, -0.1) is 12.4 Å². The molecule has 10 nitrogen and oxygen atoms in total. The molecule has 0 aromatic heterocycles. The quantitative estimate of drug-likeness (QED) is 0.122. The van der Waals surface area contributed by atoms with Crippen molar-refractivity contribution in [3.63, 3.8) is 0 Å². The fourth-order valence-electron chi connectivity index (χ4n) is 6.41. The van der Waals surface area contributed by atoms with E-state index in [9.17, 15) is 9.59 Å². The van der Waals surface area contributed by atoms with E-state index < -0.39 is 24.1 Å². The number of fused-ring (bicyclic) bond motifs is 4. The number of hydrogen-bond donors (Lipinski definition) is 4. The Morgan fingerprint density at radius 3 is 1.74 bits per heavy atom. The third-order valence-electron chi connectivity index (χ3n) is 8.78. The summed E-state index contributed by atoms with van der Waals surface area (Å²) in [5.74, 6) is -2.92. The smallest absolute Gasteiger partial charge is 0.335 e. The lowest BCUT2D eigenvalue weighted by atomic mass is 10.0. The molecule has 54 heavy (non-hydrogen) atoms. The van der Waals surface area contributed by atoms with Crippen molar-refractivity contribution in [2.75, 3.05) is 64.2 Å². The highest BCUT2D eigenvalue weighted by atomic mass is 35.5. The van der Waals surface area contributed by atoms with Crippen LogP contribution in [0.4, 0.5) is 22.7 Å². The van der Waals surface area contributed by atoms with Gasteiger partial charge in [0.15, 0.2) is 12.2 Å². The van der Waals surface area contributed by atoms with Crippen LogP contribution in [0.15, 0.2) is 101 Å². The number of aliphatic hydroxyl groups is 2. The molecule has 4 N–H and O–H groups in total. The SMILES string of the molecule is CC(CN(C)C)CN1c2ccccc2Sc2ccccc21.CN(C)CCCN1c2ccccc2CCc2ccc(Cl)cc21.Cl.O=C(O)C(O)C(O)C(=O)O. The lowest BCUT2D eigenvalue weighted by Gasteiger charge is -2.35. The average Bonchev–Trinajstić information content (AvgIpc) is 3.27. The number of carboxylic acids is 2. The number of benzene rings is 4. The molecule has 4 aromatic rings. The second-order valence-corrected chi connectivity index (χ2v) is 15.3. The van der Waals surface area contributed by atoms with Crippen molar-refractivity contribution < 1.29 is 30.0 Å². The Morgan fingerprint density at radius 1 is 0.722 bits per heavy atom. The van der Waals surface area contributed by atoms with Crippen LogP contribution in [0.25, 0.3) is 0 Å². The van der Waals surface area contributed by atoms with Gasteiger partial charge < -0.3 is 40.0 Å². The first kappa shape index (κ1) is 44.6. The third-order valence-corrected chi connectivity index (χ3v) is 10.1. The maximum absolute atomic E-state index is 9.77. The summed E-state index contributed by atoms with van der Waals surface area (Å²) in [5, 5.41) is 33.3. The van der Waals surface area contributed by atoms with Crippen molar-refractivity contribution in [3.8, 4) is 0 Å². The summed E-state index contributed by atoms with van der Waals surface area (Å²) in [6.07, 6.45) is -1.23. The second-order valence-electron chi connectivity index (χ2n) is 13.8. The number of halogens is 2. The number of anilines is 4. The van der Waals surface area contributed by atoms with Gasteiger partial charge >= 0.3 is 11.9 Å². The number of rotatable bonds is 11.